The molecule has 178 valence electrons. The molecule has 0 saturated heterocycles. The molecule has 1 heterocycles. The molecule has 1 amide bonds. The maximum atomic E-state index is 13.0. The summed E-state index contributed by atoms with van der Waals surface area (Å²) in [7, 11) is 0. The van der Waals surface area contributed by atoms with Crippen LogP contribution in [0.25, 0.3) is 10.9 Å². The lowest BCUT2D eigenvalue weighted by Crippen LogP contribution is -2.24. The van der Waals surface area contributed by atoms with Crippen molar-refractivity contribution >= 4 is 46.0 Å². The van der Waals surface area contributed by atoms with Gasteiger partial charge >= 0.3 is 11.9 Å². The first-order valence-corrected chi connectivity index (χ1v) is 11.4. The number of nitrogens with one attached hydrogen (secondary N) is 2. The van der Waals surface area contributed by atoms with E-state index < -0.39 is 18.0 Å². The standard InChI is InChI=1S/C25H25ClN2O6/c1-3-13-4-7-17(19(8-13)34-12(2)24(30)31)27-20(29)10-15-6-5-14-9-16(26)11-18-21(14)22(15)23(28-18)25(32)33/h4,7-9,11-12,15,28H,3,5-6,10H2,1-2H3,(H,27,29)(H,30,31)(H,32,33)/t12-,15+/m1/s1. The molecule has 8 nitrogen and oxygen atoms in total. The van der Waals surface area contributed by atoms with Crippen molar-refractivity contribution in [3.05, 3.63) is 57.7 Å². The first kappa shape index (κ1) is 23.6. The summed E-state index contributed by atoms with van der Waals surface area (Å²) in [5.74, 6) is -2.54. The van der Waals surface area contributed by atoms with E-state index in [2.05, 4.69) is 10.3 Å². The van der Waals surface area contributed by atoms with E-state index in [9.17, 15) is 24.6 Å². The summed E-state index contributed by atoms with van der Waals surface area (Å²) in [6.45, 7) is 3.38. The molecule has 1 aliphatic carbocycles. The van der Waals surface area contributed by atoms with Gasteiger partial charge in [0.25, 0.3) is 0 Å². The molecule has 2 aromatic carbocycles. The van der Waals surface area contributed by atoms with Crippen molar-refractivity contribution in [1.82, 2.24) is 4.98 Å². The van der Waals surface area contributed by atoms with E-state index in [0.29, 0.717) is 34.6 Å². The van der Waals surface area contributed by atoms with Gasteiger partial charge in [0, 0.05) is 22.3 Å². The number of aromatic carboxylic acids is 1. The van der Waals surface area contributed by atoms with Crippen LogP contribution in [0.15, 0.2) is 30.3 Å². The van der Waals surface area contributed by atoms with Crippen LogP contribution in [-0.4, -0.2) is 39.1 Å². The summed E-state index contributed by atoms with van der Waals surface area (Å²) in [6.07, 6.45) is 0.977. The van der Waals surface area contributed by atoms with Gasteiger partial charge in [-0.3, -0.25) is 4.79 Å². The van der Waals surface area contributed by atoms with Crippen LogP contribution >= 0.6 is 11.6 Å². The largest absolute Gasteiger partial charge is 0.479 e. The molecule has 9 heteroatoms. The van der Waals surface area contributed by atoms with Crippen molar-refractivity contribution in [3.63, 3.8) is 0 Å². The molecule has 0 aliphatic heterocycles. The molecule has 2 atom stereocenters. The topological polar surface area (TPSA) is 129 Å². The number of ether oxygens (including phenoxy) is 1. The highest BCUT2D eigenvalue weighted by molar-refractivity contribution is 6.31. The first-order chi connectivity index (χ1) is 16.2. The average molecular weight is 485 g/mol. The molecule has 0 saturated carbocycles. The Morgan fingerprint density at radius 1 is 1.24 bits per heavy atom. The maximum absolute atomic E-state index is 13.0. The molecule has 34 heavy (non-hydrogen) atoms. The average Bonchev–Trinajstić information content (AvgIpc) is 3.17. The van der Waals surface area contributed by atoms with Crippen molar-refractivity contribution in [1.29, 1.82) is 0 Å². The number of carbonyl (C=O) groups is 3. The lowest BCUT2D eigenvalue weighted by atomic mass is 9.81. The van der Waals surface area contributed by atoms with Gasteiger partial charge in [-0.25, -0.2) is 9.59 Å². The number of rotatable bonds is 8. The highest BCUT2D eigenvalue weighted by Gasteiger charge is 2.31. The number of aromatic nitrogens is 1. The first-order valence-electron chi connectivity index (χ1n) is 11.1. The van der Waals surface area contributed by atoms with E-state index in [1.54, 1.807) is 18.2 Å². The third-order valence-corrected chi connectivity index (χ3v) is 6.40. The second-order valence-corrected chi connectivity index (χ2v) is 8.91. The number of aryl methyl sites for hydroxylation is 2. The van der Waals surface area contributed by atoms with Crippen LogP contribution in [-0.2, 0) is 22.4 Å². The molecule has 0 bridgehead atoms. The van der Waals surface area contributed by atoms with Crippen molar-refractivity contribution in [2.45, 2.75) is 51.6 Å². The third kappa shape index (κ3) is 4.59. The Hall–Kier alpha value is -3.52. The second kappa shape index (κ2) is 9.38. The fourth-order valence-corrected chi connectivity index (χ4v) is 4.75. The van der Waals surface area contributed by atoms with Gasteiger partial charge in [0.15, 0.2) is 6.10 Å². The molecule has 0 radical (unpaired) electrons. The van der Waals surface area contributed by atoms with Gasteiger partial charge in [-0.15, -0.1) is 0 Å². The molecule has 4 N–H and O–H groups in total. The van der Waals surface area contributed by atoms with Crippen LogP contribution in [0.5, 0.6) is 5.75 Å². The summed E-state index contributed by atoms with van der Waals surface area (Å²) in [5, 5.41) is 23.1. The van der Waals surface area contributed by atoms with Crippen LogP contribution in [0.3, 0.4) is 0 Å². The number of amides is 1. The van der Waals surface area contributed by atoms with Crippen LogP contribution in [0.2, 0.25) is 5.02 Å². The lowest BCUT2D eigenvalue weighted by Gasteiger charge is -2.23. The number of benzene rings is 2. The fraction of sp³-hybridized carbons (Fsp3) is 0.320. The van der Waals surface area contributed by atoms with E-state index in [1.807, 2.05) is 19.1 Å². The van der Waals surface area contributed by atoms with Gasteiger partial charge in [0.2, 0.25) is 5.91 Å². The van der Waals surface area contributed by atoms with Gasteiger partial charge in [0.1, 0.15) is 11.4 Å². The zero-order valence-electron chi connectivity index (χ0n) is 18.8. The number of carboxylic acids is 2. The minimum atomic E-state index is -1.11. The Kier molecular flexibility index (Phi) is 6.52. The van der Waals surface area contributed by atoms with E-state index in [-0.39, 0.29) is 29.7 Å². The van der Waals surface area contributed by atoms with E-state index in [1.165, 1.54) is 6.92 Å². The van der Waals surface area contributed by atoms with E-state index >= 15 is 0 Å². The van der Waals surface area contributed by atoms with Gasteiger partial charge in [0.05, 0.1) is 5.69 Å². The summed E-state index contributed by atoms with van der Waals surface area (Å²) in [6, 6.07) is 8.78. The van der Waals surface area contributed by atoms with Crippen molar-refractivity contribution in [2.75, 3.05) is 5.32 Å². The zero-order chi connectivity index (χ0) is 24.6. The minimum absolute atomic E-state index is 0.0682. The van der Waals surface area contributed by atoms with Gasteiger partial charge in [-0.1, -0.05) is 24.6 Å². The molecule has 0 unspecified atom stereocenters. The normalized spacial score (nSPS) is 15.7. The Bertz CT molecular complexity index is 1300. The van der Waals surface area contributed by atoms with Crippen LogP contribution in [0.4, 0.5) is 5.69 Å². The van der Waals surface area contributed by atoms with Gasteiger partial charge in [-0.2, -0.15) is 0 Å². The highest BCUT2D eigenvalue weighted by atomic mass is 35.5. The molecule has 3 aromatic rings. The molecular formula is C25H25ClN2O6. The van der Waals surface area contributed by atoms with Crippen LogP contribution in [0, 0.1) is 0 Å². The number of halogens is 1. The number of aliphatic carboxylic acids is 1. The fourth-order valence-electron chi connectivity index (χ4n) is 4.51. The molecule has 0 spiro atoms. The minimum Gasteiger partial charge on any atom is -0.479 e. The van der Waals surface area contributed by atoms with Gasteiger partial charge in [-0.05, 0) is 73.1 Å². The summed E-state index contributed by atoms with van der Waals surface area (Å²) >= 11 is 6.19. The van der Waals surface area contributed by atoms with Crippen molar-refractivity contribution in [2.24, 2.45) is 0 Å². The SMILES string of the molecule is CCc1ccc(NC(=O)C[C@@H]2CCc3cc(Cl)cc4[nH]c(C(=O)O)c2c34)c(O[C@H](C)C(=O)O)c1. The molecule has 1 aromatic heterocycles. The number of H-pyrrole nitrogens is 1. The Morgan fingerprint density at radius 2 is 2.00 bits per heavy atom. The van der Waals surface area contributed by atoms with Crippen molar-refractivity contribution in [3.8, 4) is 5.75 Å². The van der Waals surface area contributed by atoms with Crippen LogP contribution in [0.1, 0.15) is 59.8 Å². The molecule has 0 fully saturated rings. The predicted octanol–water partition coefficient (Wildman–Crippen LogP) is 4.99. The van der Waals surface area contributed by atoms with Crippen LogP contribution < -0.4 is 10.1 Å². The monoisotopic (exact) mass is 484 g/mol. The van der Waals surface area contributed by atoms with E-state index in [4.69, 9.17) is 16.3 Å². The third-order valence-electron chi connectivity index (χ3n) is 6.18. The Balaban J connectivity index is 1.61. The second-order valence-electron chi connectivity index (χ2n) is 8.48. The summed E-state index contributed by atoms with van der Waals surface area (Å²) in [4.78, 5) is 39.2. The van der Waals surface area contributed by atoms with Gasteiger partial charge < -0.3 is 25.3 Å². The molecular weight excluding hydrogens is 460 g/mol. The zero-order valence-corrected chi connectivity index (χ0v) is 19.5. The smallest absolute Gasteiger partial charge is 0.352 e. The maximum Gasteiger partial charge on any atom is 0.352 e. The number of anilines is 1. The summed E-state index contributed by atoms with van der Waals surface area (Å²) in [5.41, 5.74) is 3.61. The Labute approximate surface area is 200 Å². The predicted molar refractivity (Wildman–Crippen MR) is 128 cm³/mol. The van der Waals surface area contributed by atoms with E-state index in [0.717, 1.165) is 22.9 Å². The Morgan fingerprint density at radius 3 is 2.68 bits per heavy atom. The highest BCUT2D eigenvalue weighted by Crippen LogP contribution is 2.42. The number of carbonyl (C=O) groups excluding carboxylic acids is 1. The molecule has 1 aliphatic rings. The number of aromatic amines is 1. The summed E-state index contributed by atoms with van der Waals surface area (Å²) < 4.78 is 5.57. The number of carboxylic acid groups (broad SMARTS) is 2. The number of hydrogen-bond acceptors (Lipinski definition) is 4. The lowest BCUT2D eigenvalue weighted by molar-refractivity contribution is -0.144. The molecule has 4 rings (SSSR count). The number of hydrogen-bond donors (Lipinski definition) is 4. The van der Waals surface area contributed by atoms with Crippen molar-refractivity contribution < 1.29 is 29.3 Å². The quantitative estimate of drug-likeness (QED) is 0.356.